The summed E-state index contributed by atoms with van der Waals surface area (Å²) in [5, 5.41) is 5.49. The second-order valence-electron chi connectivity index (χ2n) is 4.98. The molecule has 0 fully saturated rings. The van der Waals surface area contributed by atoms with Gasteiger partial charge in [-0.2, -0.15) is 0 Å². The van der Waals surface area contributed by atoms with Crippen molar-refractivity contribution >= 4 is 28.7 Å². The number of hydrogen-bond donors (Lipinski definition) is 0. The lowest BCUT2D eigenvalue weighted by Gasteiger charge is -2.20. The van der Waals surface area contributed by atoms with Crippen LogP contribution in [0.1, 0.15) is 49.1 Å². The number of carbonyl (C=O) groups is 3. The lowest BCUT2D eigenvalue weighted by molar-refractivity contribution is 0.0978. The molecule has 0 bridgehead atoms. The lowest BCUT2D eigenvalue weighted by atomic mass is 9.81. The first-order chi connectivity index (χ1) is 11.0. The normalized spacial score (nSPS) is 12.4. The third kappa shape index (κ3) is 1.94. The molecule has 1 aliphatic carbocycles. The number of Topliss-reactive ketones (excluding diaryl/α,β-unsaturated/α-hetero) is 1. The topological polar surface area (TPSA) is 110 Å². The molecule has 0 spiro atoms. The van der Waals surface area contributed by atoms with Gasteiger partial charge in [-0.1, -0.05) is 24.3 Å². The summed E-state index contributed by atoms with van der Waals surface area (Å²) in [6, 6.07) is 7.04. The Labute approximate surface area is 129 Å². The van der Waals surface area contributed by atoms with Crippen LogP contribution in [0, 0.1) is 9.81 Å². The smallest absolute Gasteiger partial charge is 0.196 e. The quantitative estimate of drug-likeness (QED) is 0.543. The van der Waals surface area contributed by atoms with Crippen LogP contribution in [0.5, 0.6) is 0 Å². The van der Waals surface area contributed by atoms with Crippen LogP contribution in [0.15, 0.2) is 40.7 Å². The lowest BCUT2D eigenvalue weighted by Crippen LogP contribution is -2.22. The average molecular weight is 308 g/mol. The summed E-state index contributed by atoms with van der Waals surface area (Å²) in [5.41, 5.74) is -1.43. The molecule has 0 saturated heterocycles. The Balaban J connectivity index is 2.48. The highest BCUT2D eigenvalue weighted by atomic mass is 16.3. The minimum atomic E-state index is -0.641. The van der Waals surface area contributed by atoms with Gasteiger partial charge in [-0.05, 0) is 23.3 Å². The van der Waals surface area contributed by atoms with E-state index in [2.05, 4.69) is 10.4 Å². The molecule has 2 aromatic rings. The number of ketones is 3. The second kappa shape index (κ2) is 5.13. The number of fused-ring (bicyclic) bond motifs is 2. The molecule has 0 amide bonds. The highest BCUT2D eigenvalue weighted by molar-refractivity contribution is 6.32. The molecule has 0 radical (unpaired) electrons. The van der Waals surface area contributed by atoms with E-state index in [9.17, 15) is 24.2 Å². The van der Waals surface area contributed by atoms with Crippen molar-refractivity contribution < 1.29 is 14.4 Å². The molecule has 7 nitrogen and oxygen atoms in total. The maximum atomic E-state index is 12.7. The van der Waals surface area contributed by atoms with Gasteiger partial charge in [-0.25, -0.2) is 0 Å². The van der Waals surface area contributed by atoms with E-state index in [1.165, 1.54) is 12.1 Å². The first kappa shape index (κ1) is 14.6. The summed E-state index contributed by atoms with van der Waals surface area (Å²) >= 11 is 0. The molecule has 7 heteroatoms. The van der Waals surface area contributed by atoms with E-state index in [1.54, 1.807) is 12.1 Å². The molecular formula is C16H8N2O5. The van der Waals surface area contributed by atoms with E-state index in [-0.39, 0.29) is 33.5 Å². The van der Waals surface area contributed by atoms with Gasteiger partial charge in [0.15, 0.2) is 17.3 Å². The van der Waals surface area contributed by atoms with Gasteiger partial charge in [0.05, 0.1) is 11.1 Å². The Kier molecular flexibility index (Phi) is 3.25. The van der Waals surface area contributed by atoms with Crippen molar-refractivity contribution in [1.29, 1.82) is 0 Å². The van der Waals surface area contributed by atoms with Gasteiger partial charge in [0.25, 0.3) is 0 Å². The summed E-state index contributed by atoms with van der Waals surface area (Å²) < 4.78 is 0. The molecule has 0 atom stereocenters. The predicted molar refractivity (Wildman–Crippen MR) is 80.7 cm³/mol. The molecule has 1 aliphatic rings. The van der Waals surface area contributed by atoms with Gasteiger partial charge in [0.2, 0.25) is 0 Å². The van der Waals surface area contributed by atoms with E-state index < -0.39 is 23.0 Å². The fourth-order valence-electron chi connectivity index (χ4n) is 2.69. The largest absolute Gasteiger partial charge is 0.294 e. The first-order valence-electron chi connectivity index (χ1n) is 6.58. The van der Waals surface area contributed by atoms with Gasteiger partial charge >= 0.3 is 0 Å². The summed E-state index contributed by atoms with van der Waals surface area (Å²) in [6.07, 6.45) is 0. The molecule has 112 valence electrons. The molecule has 0 heterocycles. The van der Waals surface area contributed by atoms with Gasteiger partial charge in [-0.3, -0.25) is 14.4 Å². The Bertz CT molecular complexity index is 930. The van der Waals surface area contributed by atoms with Gasteiger partial charge in [-0.15, -0.1) is 9.81 Å². The molecule has 0 aromatic heterocycles. The highest BCUT2D eigenvalue weighted by Crippen LogP contribution is 2.41. The van der Waals surface area contributed by atoms with Crippen LogP contribution in [0.25, 0.3) is 0 Å². The van der Waals surface area contributed by atoms with Crippen LogP contribution in [0.4, 0.5) is 11.4 Å². The Morgan fingerprint density at radius 1 is 0.913 bits per heavy atom. The van der Waals surface area contributed by atoms with Crippen LogP contribution >= 0.6 is 0 Å². The fraction of sp³-hybridized carbons (Fsp3) is 0.0625. The van der Waals surface area contributed by atoms with Crippen molar-refractivity contribution in [3.63, 3.8) is 0 Å². The Hall–Kier alpha value is -3.35. The summed E-state index contributed by atoms with van der Waals surface area (Å²) in [4.78, 5) is 59.2. The predicted octanol–water partition coefficient (Wildman–Crippen LogP) is 3.46. The van der Waals surface area contributed by atoms with Crippen molar-refractivity contribution in [1.82, 2.24) is 0 Å². The van der Waals surface area contributed by atoms with Crippen LogP contribution < -0.4 is 0 Å². The summed E-state index contributed by atoms with van der Waals surface area (Å²) in [7, 11) is 0. The maximum Gasteiger partial charge on any atom is 0.196 e. The molecule has 0 unspecified atom stereocenters. The standard InChI is InChI=1S/C16H8N2O5/c1-7(19)10-6-11(17-22)12-13(14(10)18-23)16(21)9-5-3-2-4-8(9)15(12)20/h2-6H,1H3. The van der Waals surface area contributed by atoms with Crippen LogP contribution in [-0.2, 0) is 0 Å². The minimum Gasteiger partial charge on any atom is -0.294 e. The number of rotatable bonds is 3. The number of carbonyl (C=O) groups excluding carboxylic acids is 3. The monoisotopic (exact) mass is 308 g/mol. The van der Waals surface area contributed by atoms with E-state index in [4.69, 9.17) is 0 Å². The van der Waals surface area contributed by atoms with Crippen LogP contribution in [0.3, 0.4) is 0 Å². The fourth-order valence-corrected chi connectivity index (χ4v) is 2.69. The Morgan fingerprint density at radius 3 is 1.96 bits per heavy atom. The molecular weight excluding hydrogens is 300 g/mol. The van der Waals surface area contributed by atoms with E-state index in [0.717, 1.165) is 13.0 Å². The number of nitroso groups, excluding NO2 is 2. The average Bonchev–Trinajstić information content (AvgIpc) is 2.57. The zero-order valence-corrected chi connectivity index (χ0v) is 11.8. The van der Waals surface area contributed by atoms with Crippen LogP contribution in [-0.4, -0.2) is 17.3 Å². The molecule has 3 rings (SSSR count). The van der Waals surface area contributed by atoms with Crippen molar-refractivity contribution in [2.45, 2.75) is 6.92 Å². The summed E-state index contributed by atoms with van der Waals surface area (Å²) in [6.45, 7) is 1.16. The number of nitrogens with zero attached hydrogens (tertiary/aromatic N) is 2. The highest BCUT2D eigenvalue weighted by Gasteiger charge is 2.36. The first-order valence-corrected chi connectivity index (χ1v) is 6.58. The molecule has 2 aromatic carbocycles. The molecule has 23 heavy (non-hydrogen) atoms. The number of hydrogen-bond acceptors (Lipinski definition) is 7. The summed E-state index contributed by atoms with van der Waals surface area (Å²) in [5.74, 6) is -1.81. The van der Waals surface area contributed by atoms with Crippen molar-refractivity contribution in [3.05, 3.63) is 68.0 Å². The van der Waals surface area contributed by atoms with Crippen molar-refractivity contribution in [3.8, 4) is 0 Å². The van der Waals surface area contributed by atoms with E-state index >= 15 is 0 Å². The van der Waals surface area contributed by atoms with Gasteiger partial charge < -0.3 is 0 Å². The zero-order chi connectivity index (χ0) is 16.7. The van der Waals surface area contributed by atoms with Crippen molar-refractivity contribution in [2.24, 2.45) is 10.4 Å². The zero-order valence-electron chi connectivity index (χ0n) is 11.8. The van der Waals surface area contributed by atoms with E-state index in [0.29, 0.717) is 0 Å². The minimum absolute atomic E-state index is 0.0902. The van der Waals surface area contributed by atoms with Crippen molar-refractivity contribution in [2.75, 3.05) is 0 Å². The Morgan fingerprint density at radius 2 is 1.48 bits per heavy atom. The molecule has 0 aliphatic heterocycles. The third-order valence-corrected chi connectivity index (χ3v) is 3.72. The number of benzene rings is 2. The molecule has 0 saturated carbocycles. The third-order valence-electron chi connectivity index (χ3n) is 3.72. The van der Waals surface area contributed by atoms with Gasteiger partial charge in [0.1, 0.15) is 11.4 Å². The second-order valence-corrected chi connectivity index (χ2v) is 4.98. The van der Waals surface area contributed by atoms with Crippen LogP contribution in [0.2, 0.25) is 0 Å². The maximum absolute atomic E-state index is 12.7. The van der Waals surface area contributed by atoms with Gasteiger partial charge in [0, 0.05) is 16.7 Å². The molecule has 0 N–H and O–H groups in total. The SMILES string of the molecule is CC(=O)c1cc(N=O)c2c(c1N=O)C(=O)c1ccccc1C2=O. The van der Waals surface area contributed by atoms with E-state index in [1.807, 2.05) is 0 Å².